The molecule has 6 nitrogen and oxygen atoms in total. The van der Waals surface area contributed by atoms with E-state index in [2.05, 4.69) is 25.0 Å². The van der Waals surface area contributed by atoms with Crippen LogP contribution in [0.25, 0.3) is 11.3 Å². The zero-order valence-corrected chi connectivity index (χ0v) is 14.5. The van der Waals surface area contributed by atoms with Gasteiger partial charge in [-0.2, -0.15) is 5.10 Å². The maximum atomic E-state index is 14.3. The van der Waals surface area contributed by atoms with Gasteiger partial charge in [0.15, 0.2) is 5.82 Å². The maximum Gasteiger partial charge on any atom is 0.151 e. The van der Waals surface area contributed by atoms with Crippen LogP contribution in [0.1, 0.15) is 0 Å². The summed E-state index contributed by atoms with van der Waals surface area (Å²) >= 11 is 0. The number of hydrogen-bond donors (Lipinski definition) is 1. The summed E-state index contributed by atoms with van der Waals surface area (Å²) in [6.07, 6.45) is 3.62. The molecule has 0 unspecified atom stereocenters. The molecule has 0 radical (unpaired) electrons. The van der Waals surface area contributed by atoms with Crippen molar-refractivity contribution < 1.29 is 9.13 Å². The summed E-state index contributed by atoms with van der Waals surface area (Å²) in [5, 5.41) is 7.32. The standard InChI is InChI=1S/C19H20FN5O/c1-26-17-4-2-3-15(20)19(17)16-13-18(23-22-16)25-11-9-24(10-12-25)14-5-7-21-8-6-14/h2-8,13H,9-12H2,1H3,(H,22,23). The summed E-state index contributed by atoms with van der Waals surface area (Å²) in [5.41, 5.74) is 2.20. The van der Waals surface area contributed by atoms with E-state index in [0.29, 0.717) is 17.0 Å². The van der Waals surface area contributed by atoms with E-state index in [1.54, 1.807) is 12.1 Å². The molecule has 1 aliphatic heterocycles. The first-order valence-corrected chi connectivity index (χ1v) is 8.54. The van der Waals surface area contributed by atoms with Crippen molar-refractivity contribution in [2.24, 2.45) is 0 Å². The molecular weight excluding hydrogens is 333 g/mol. The largest absolute Gasteiger partial charge is 0.496 e. The Bertz CT molecular complexity index is 875. The van der Waals surface area contributed by atoms with Crippen LogP contribution in [0.5, 0.6) is 5.75 Å². The number of rotatable bonds is 4. The second kappa shape index (κ2) is 7.03. The topological polar surface area (TPSA) is 57.3 Å². The molecule has 3 heterocycles. The van der Waals surface area contributed by atoms with E-state index in [4.69, 9.17) is 4.74 Å². The lowest BCUT2D eigenvalue weighted by Crippen LogP contribution is -2.46. The van der Waals surface area contributed by atoms with Gasteiger partial charge in [0.25, 0.3) is 0 Å². The van der Waals surface area contributed by atoms with Crippen molar-refractivity contribution in [3.8, 4) is 17.0 Å². The molecule has 2 aromatic heterocycles. The molecule has 0 spiro atoms. The molecular formula is C19H20FN5O. The second-order valence-corrected chi connectivity index (χ2v) is 6.14. The zero-order chi connectivity index (χ0) is 17.9. The first-order valence-electron chi connectivity index (χ1n) is 8.54. The second-order valence-electron chi connectivity index (χ2n) is 6.14. The van der Waals surface area contributed by atoms with Gasteiger partial charge in [-0.05, 0) is 24.3 Å². The molecule has 134 valence electrons. The van der Waals surface area contributed by atoms with Gasteiger partial charge in [-0.15, -0.1) is 0 Å². The zero-order valence-electron chi connectivity index (χ0n) is 14.5. The average Bonchev–Trinajstić information content (AvgIpc) is 3.18. The van der Waals surface area contributed by atoms with Crippen LogP contribution in [0.15, 0.2) is 48.8 Å². The SMILES string of the molecule is COc1cccc(F)c1-c1cc(N2CCN(c3ccncc3)CC2)n[nH]1. The van der Waals surface area contributed by atoms with Crippen LogP contribution in [0, 0.1) is 5.82 Å². The van der Waals surface area contributed by atoms with Gasteiger partial charge in [-0.1, -0.05) is 6.07 Å². The van der Waals surface area contributed by atoms with Crippen molar-refractivity contribution in [1.29, 1.82) is 0 Å². The number of anilines is 2. The van der Waals surface area contributed by atoms with Crippen LogP contribution in [0.2, 0.25) is 0 Å². The molecule has 3 aromatic rings. The van der Waals surface area contributed by atoms with Crippen LogP contribution in [0.4, 0.5) is 15.9 Å². The Kier molecular flexibility index (Phi) is 4.43. The predicted octanol–water partition coefficient (Wildman–Crippen LogP) is 2.95. The van der Waals surface area contributed by atoms with Gasteiger partial charge in [0, 0.05) is 50.3 Å². The van der Waals surface area contributed by atoms with Crippen LogP contribution >= 0.6 is 0 Å². The third-order valence-corrected chi connectivity index (χ3v) is 4.66. The Hall–Kier alpha value is -3.09. The molecule has 1 saturated heterocycles. The number of nitrogens with one attached hydrogen (secondary N) is 1. The first-order chi connectivity index (χ1) is 12.8. The molecule has 0 atom stereocenters. The molecule has 0 amide bonds. The fraction of sp³-hybridized carbons (Fsp3) is 0.263. The predicted molar refractivity (Wildman–Crippen MR) is 99.2 cm³/mol. The fourth-order valence-electron chi connectivity index (χ4n) is 3.29. The van der Waals surface area contributed by atoms with Crippen molar-refractivity contribution >= 4 is 11.5 Å². The maximum absolute atomic E-state index is 14.3. The number of benzene rings is 1. The summed E-state index contributed by atoms with van der Waals surface area (Å²) in [4.78, 5) is 8.59. The summed E-state index contributed by atoms with van der Waals surface area (Å²) in [6, 6.07) is 10.7. The van der Waals surface area contributed by atoms with E-state index < -0.39 is 0 Å². The number of hydrogen-bond acceptors (Lipinski definition) is 5. The highest BCUT2D eigenvalue weighted by molar-refractivity contribution is 5.70. The number of aromatic nitrogens is 3. The van der Waals surface area contributed by atoms with Gasteiger partial charge in [-0.3, -0.25) is 10.1 Å². The summed E-state index contributed by atoms with van der Waals surface area (Å²) in [5.74, 6) is 0.976. The molecule has 0 saturated carbocycles. The molecule has 1 fully saturated rings. The number of methoxy groups -OCH3 is 1. The van der Waals surface area contributed by atoms with E-state index in [0.717, 1.165) is 32.0 Å². The van der Waals surface area contributed by atoms with E-state index in [1.807, 2.05) is 30.6 Å². The molecule has 1 N–H and O–H groups in total. The quantitative estimate of drug-likeness (QED) is 0.782. The van der Waals surface area contributed by atoms with Crippen LogP contribution in [-0.2, 0) is 0 Å². The Morgan fingerprint density at radius 2 is 1.77 bits per heavy atom. The minimum absolute atomic E-state index is 0.331. The Morgan fingerprint density at radius 3 is 2.50 bits per heavy atom. The van der Waals surface area contributed by atoms with Crippen LogP contribution in [0.3, 0.4) is 0 Å². The van der Waals surface area contributed by atoms with Crippen molar-refractivity contribution in [3.05, 3.63) is 54.6 Å². The van der Waals surface area contributed by atoms with Gasteiger partial charge >= 0.3 is 0 Å². The van der Waals surface area contributed by atoms with E-state index >= 15 is 0 Å². The number of ether oxygens (including phenoxy) is 1. The Labute approximate surface area is 151 Å². The highest BCUT2D eigenvalue weighted by atomic mass is 19.1. The smallest absolute Gasteiger partial charge is 0.151 e. The number of aromatic amines is 1. The minimum Gasteiger partial charge on any atom is -0.496 e. The third-order valence-electron chi connectivity index (χ3n) is 4.66. The Morgan fingerprint density at radius 1 is 1.04 bits per heavy atom. The van der Waals surface area contributed by atoms with Gasteiger partial charge < -0.3 is 14.5 Å². The lowest BCUT2D eigenvalue weighted by atomic mass is 10.1. The highest BCUT2D eigenvalue weighted by Crippen LogP contribution is 2.33. The van der Waals surface area contributed by atoms with Gasteiger partial charge in [0.05, 0.1) is 18.4 Å². The normalized spacial score (nSPS) is 14.5. The molecule has 1 aliphatic rings. The lowest BCUT2D eigenvalue weighted by Gasteiger charge is -2.36. The molecule has 4 rings (SSSR count). The fourth-order valence-corrected chi connectivity index (χ4v) is 3.29. The summed E-state index contributed by atoms with van der Waals surface area (Å²) in [6.45, 7) is 3.49. The average molecular weight is 353 g/mol. The van der Waals surface area contributed by atoms with Gasteiger partial charge in [0.2, 0.25) is 0 Å². The number of piperazine rings is 1. The van der Waals surface area contributed by atoms with Crippen molar-refractivity contribution in [2.75, 3.05) is 43.1 Å². The summed E-state index contributed by atoms with van der Waals surface area (Å²) in [7, 11) is 1.54. The van der Waals surface area contributed by atoms with Crippen LogP contribution < -0.4 is 14.5 Å². The molecule has 26 heavy (non-hydrogen) atoms. The number of halogens is 1. The first kappa shape index (κ1) is 16.4. The monoisotopic (exact) mass is 353 g/mol. The molecule has 7 heteroatoms. The molecule has 1 aromatic carbocycles. The minimum atomic E-state index is -0.331. The number of pyridine rings is 1. The van der Waals surface area contributed by atoms with Crippen molar-refractivity contribution in [2.45, 2.75) is 0 Å². The number of nitrogens with zero attached hydrogens (tertiary/aromatic N) is 4. The van der Waals surface area contributed by atoms with Crippen molar-refractivity contribution in [3.63, 3.8) is 0 Å². The molecule has 0 aliphatic carbocycles. The van der Waals surface area contributed by atoms with E-state index in [1.165, 1.54) is 18.9 Å². The Balaban J connectivity index is 1.50. The molecule has 0 bridgehead atoms. The third kappa shape index (κ3) is 3.08. The van der Waals surface area contributed by atoms with Gasteiger partial charge in [0.1, 0.15) is 11.6 Å². The number of H-pyrrole nitrogens is 1. The van der Waals surface area contributed by atoms with E-state index in [9.17, 15) is 4.39 Å². The van der Waals surface area contributed by atoms with Gasteiger partial charge in [-0.25, -0.2) is 4.39 Å². The van der Waals surface area contributed by atoms with Crippen molar-refractivity contribution in [1.82, 2.24) is 15.2 Å². The highest BCUT2D eigenvalue weighted by Gasteiger charge is 2.21. The van der Waals surface area contributed by atoms with E-state index in [-0.39, 0.29) is 5.82 Å². The lowest BCUT2D eigenvalue weighted by molar-refractivity contribution is 0.413. The summed E-state index contributed by atoms with van der Waals surface area (Å²) < 4.78 is 19.5. The van der Waals surface area contributed by atoms with Crippen LogP contribution in [-0.4, -0.2) is 48.5 Å².